The summed E-state index contributed by atoms with van der Waals surface area (Å²) < 4.78 is 1.03. The molecule has 0 aliphatic carbocycles. The van der Waals surface area contributed by atoms with E-state index in [9.17, 15) is 0 Å². The van der Waals surface area contributed by atoms with Gasteiger partial charge in [0.15, 0.2) is 0 Å². The van der Waals surface area contributed by atoms with Crippen LogP contribution in [0.4, 0.5) is 0 Å². The lowest BCUT2D eigenvalue weighted by molar-refractivity contribution is 1.05. The molecule has 0 nitrogen and oxygen atoms in total. The minimum absolute atomic E-state index is 0.155. The highest BCUT2D eigenvalue weighted by molar-refractivity contribution is 9.11. The predicted octanol–water partition coefficient (Wildman–Crippen LogP) is 7.13. The van der Waals surface area contributed by atoms with Crippen LogP contribution in [-0.2, 0) is 0 Å². The van der Waals surface area contributed by atoms with Crippen LogP contribution in [-0.4, -0.2) is 0 Å². The molecule has 3 heteroatoms. The van der Waals surface area contributed by atoms with E-state index in [1.165, 1.54) is 38.9 Å². The van der Waals surface area contributed by atoms with Gasteiger partial charge in [0.25, 0.3) is 0 Å². The number of rotatable bonds is 2. The Kier molecular flexibility index (Phi) is 5.23. The molecular formula is C18H19Br2Cl. The number of halogens is 3. The van der Waals surface area contributed by atoms with Crippen molar-refractivity contribution in [1.29, 1.82) is 0 Å². The SMILES string of the molecule is Cc1c(C)c(C)c(C(Br)c2ccc(Cl)cc2Br)c(C)c1C. The lowest BCUT2D eigenvalue weighted by atomic mass is 9.87. The second kappa shape index (κ2) is 6.44. The molecule has 21 heavy (non-hydrogen) atoms. The van der Waals surface area contributed by atoms with Crippen molar-refractivity contribution < 1.29 is 0 Å². The average molecular weight is 431 g/mol. The van der Waals surface area contributed by atoms with Gasteiger partial charge in [0.05, 0.1) is 4.83 Å². The molecule has 0 amide bonds. The van der Waals surface area contributed by atoms with Crippen molar-refractivity contribution in [3.05, 3.63) is 66.6 Å². The number of hydrogen-bond donors (Lipinski definition) is 0. The van der Waals surface area contributed by atoms with Crippen LogP contribution in [0.15, 0.2) is 22.7 Å². The lowest BCUT2D eigenvalue weighted by Gasteiger charge is -2.23. The summed E-state index contributed by atoms with van der Waals surface area (Å²) in [4.78, 5) is 0.155. The summed E-state index contributed by atoms with van der Waals surface area (Å²) in [6, 6.07) is 5.97. The summed E-state index contributed by atoms with van der Waals surface area (Å²) in [5.74, 6) is 0. The van der Waals surface area contributed by atoms with E-state index in [4.69, 9.17) is 11.6 Å². The Labute approximate surface area is 149 Å². The van der Waals surface area contributed by atoms with Crippen molar-refractivity contribution in [3.63, 3.8) is 0 Å². The highest BCUT2D eigenvalue weighted by Gasteiger charge is 2.21. The standard InChI is InChI=1S/C18H19Br2Cl/c1-9-10(2)12(4)17(13(5)11(9)3)18(20)15-7-6-14(21)8-16(15)19/h6-8,18H,1-5H3. The highest BCUT2D eigenvalue weighted by atomic mass is 79.9. The molecule has 0 heterocycles. The summed E-state index contributed by atoms with van der Waals surface area (Å²) in [5, 5.41) is 0.745. The van der Waals surface area contributed by atoms with Crippen molar-refractivity contribution in [3.8, 4) is 0 Å². The highest BCUT2D eigenvalue weighted by Crippen LogP contribution is 2.41. The molecule has 2 aromatic rings. The summed E-state index contributed by atoms with van der Waals surface area (Å²) in [7, 11) is 0. The molecule has 0 aliphatic rings. The fourth-order valence-corrected chi connectivity index (χ4v) is 5.08. The molecule has 0 spiro atoms. The Hall–Kier alpha value is -0.310. The van der Waals surface area contributed by atoms with Gasteiger partial charge in [-0.1, -0.05) is 49.5 Å². The van der Waals surface area contributed by atoms with Crippen LogP contribution in [0.3, 0.4) is 0 Å². The number of hydrogen-bond acceptors (Lipinski definition) is 0. The molecule has 2 aromatic carbocycles. The molecule has 0 saturated heterocycles. The van der Waals surface area contributed by atoms with Gasteiger partial charge in [-0.15, -0.1) is 0 Å². The van der Waals surface area contributed by atoms with Gasteiger partial charge in [0.2, 0.25) is 0 Å². The monoisotopic (exact) mass is 428 g/mol. The first-order chi connectivity index (χ1) is 9.75. The molecule has 0 aliphatic heterocycles. The molecule has 0 bridgehead atoms. The van der Waals surface area contributed by atoms with Crippen LogP contribution in [0.25, 0.3) is 0 Å². The normalized spacial score (nSPS) is 12.6. The molecule has 2 rings (SSSR count). The third kappa shape index (κ3) is 3.09. The second-order valence-corrected chi connectivity index (χ2v) is 7.77. The first-order valence-electron chi connectivity index (χ1n) is 6.91. The summed E-state index contributed by atoms with van der Waals surface area (Å²) in [6.45, 7) is 11.0. The molecule has 112 valence electrons. The zero-order valence-electron chi connectivity index (χ0n) is 12.9. The predicted molar refractivity (Wildman–Crippen MR) is 100 cm³/mol. The Morgan fingerprint density at radius 3 is 1.81 bits per heavy atom. The van der Waals surface area contributed by atoms with Crippen LogP contribution in [0.2, 0.25) is 5.02 Å². The fraction of sp³-hybridized carbons (Fsp3) is 0.333. The van der Waals surface area contributed by atoms with E-state index in [2.05, 4.69) is 72.5 Å². The molecule has 1 atom stereocenters. The minimum atomic E-state index is 0.155. The van der Waals surface area contributed by atoms with Crippen molar-refractivity contribution in [1.82, 2.24) is 0 Å². The molecule has 1 unspecified atom stereocenters. The van der Waals surface area contributed by atoms with Gasteiger partial charge in [0.1, 0.15) is 0 Å². The van der Waals surface area contributed by atoms with Crippen molar-refractivity contribution >= 4 is 43.5 Å². The van der Waals surface area contributed by atoms with E-state index in [0.29, 0.717) is 0 Å². The zero-order chi connectivity index (χ0) is 15.9. The van der Waals surface area contributed by atoms with Gasteiger partial charge in [0, 0.05) is 9.50 Å². The summed E-state index contributed by atoms with van der Waals surface area (Å²) >= 11 is 13.6. The quantitative estimate of drug-likeness (QED) is 0.445. The average Bonchev–Trinajstić information content (AvgIpc) is 2.43. The van der Waals surface area contributed by atoms with E-state index in [1.807, 2.05) is 12.1 Å². The van der Waals surface area contributed by atoms with Crippen molar-refractivity contribution in [2.75, 3.05) is 0 Å². The zero-order valence-corrected chi connectivity index (χ0v) is 16.9. The van der Waals surface area contributed by atoms with Crippen LogP contribution in [0, 0.1) is 34.6 Å². The third-order valence-corrected chi connectivity index (χ3v) is 6.42. The Balaban J connectivity index is 2.66. The molecular weight excluding hydrogens is 411 g/mol. The van der Waals surface area contributed by atoms with Gasteiger partial charge >= 0.3 is 0 Å². The van der Waals surface area contributed by atoms with Crippen LogP contribution in [0.5, 0.6) is 0 Å². The van der Waals surface area contributed by atoms with Gasteiger partial charge in [-0.25, -0.2) is 0 Å². The second-order valence-electron chi connectivity index (χ2n) is 5.57. The van der Waals surface area contributed by atoms with Crippen LogP contribution < -0.4 is 0 Å². The fourth-order valence-electron chi connectivity index (χ4n) is 2.77. The van der Waals surface area contributed by atoms with E-state index < -0.39 is 0 Å². The Bertz CT molecular complexity index is 676. The van der Waals surface area contributed by atoms with E-state index in [1.54, 1.807) is 0 Å². The van der Waals surface area contributed by atoms with Crippen molar-refractivity contribution in [2.45, 2.75) is 39.4 Å². The van der Waals surface area contributed by atoms with Gasteiger partial charge in [-0.05, 0) is 85.7 Å². The maximum Gasteiger partial charge on any atom is 0.0660 e. The van der Waals surface area contributed by atoms with E-state index >= 15 is 0 Å². The number of alkyl halides is 1. The summed E-state index contributed by atoms with van der Waals surface area (Å²) in [6.07, 6.45) is 0. The summed E-state index contributed by atoms with van der Waals surface area (Å²) in [5.41, 5.74) is 9.43. The minimum Gasteiger partial charge on any atom is -0.0843 e. The topological polar surface area (TPSA) is 0 Å². The van der Waals surface area contributed by atoms with Gasteiger partial charge < -0.3 is 0 Å². The maximum absolute atomic E-state index is 6.06. The van der Waals surface area contributed by atoms with E-state index in [0.717, 1.165) is 9.50 Å². The van der Waals surface area contributed by atoms with Crippen LogP contribution >= 0.6 is 43.5 Å². The maximum atomic E-state index is 6.06. The lowest BCUT2D eigenvalue weighted by Crippen LogP contribution is -2.06. The largest absolute Gasteiger partial charge is 0.0843 e. The van der Waals surface area contributed by atoms with E-state index in [-0.39, 0.29) is 4.83 Å². The Morgan fingerprint density at radius 2 is 1.33 bits per heavy atom. The van der Waals surface area contributed by atoms with Gasteiger partial charge in [-0.2, -0.15) is 0 Å². The first kappa shape index (κ1) is 17.1. The molecule has 0 radical (unpaired) electrons. The first-order valence-corrected chi connectivity index (χ1v) is 9.00. The van der Waals surface area contributed by atoms with Crippen molar-refractivity contribution in [2.24, 2.45) is 0 Å². The molecule has 0 N–H and O–H groups in total. The Morgan fingerprint density at radius 1 is 0.857 bits per heavy atom. The molecule has 0 saturated carbocycles. The number of benzene rings is 2. The van der Waals surface area contributed by atoms with Gasteiger partial charge in [-0.3, -0.25) is 0 Å². The smallest absolute Gasteiger partial charge is 0.0660 e. The van der Waals surface area contributed by atoms with Crippen LogP contribution in [0.1, 0.15) is 43.8 Å². The molecule has 0 aromatic heterocycles. The molecule has 0 fully saturated rings. The third-order valence-electron chi connectivity index (χ3n) is 4.55.